The minimum Gasteiger partial charge on any atom is -0.452 e. The third-order valence-corrected chi connectivity index (χ3v) is 3.05. The molecule has 1 aromatic carbocycles. The first-order chi connectivity index (χ1) is 12.4. The Kier molecular flexibility index (Phi) is 5.47. The molecular formula is C15H10F6N2O4. The van der Waals surface area contributed by atoms with Crippen LogP contribution in [-0.2, 0) is 21.9 Å². The number of benzene rings is 1. The number of rotatable bonds is 4. The Balaban J connectivity index is 2.13. The number of amides is 1. The van der Waals surface area contributed by atoms with E-state index >= 15 is 0 Å². The molecule has 0 radical (unpaired) electrons. The summed E-state index contributed by atoms with van der Waals surface area (Å²) in [7, 11) is 0. The van der Waals surface area contributed by atoms with Gasteiger partial charge in [0.15, 0.2) is 12.4 Å². The zero-order chi connectivity index (χ0) is 20.4. The summed E-state index contributed by atoms with van der Waals surface area (Å²) in [5, 5.41) is 5.58. The summed E-state index contributed by atoms with van der Waals surface area (Å²) in [6.07, 6.45) is -10.2. The number of hydrogen-bond donors (Lipinski definition) is 1. The standard InChI is InChI=1S/C15H10F6N2O4/c1-7-2-11(23-27-7)22-12(24)6-26-13(25)8-3-9(14(16,17)18)5-10(4-8)15(19,20)21/h2-5H,6H2,1H3,(H,22,23,24). The zero-order valence-corrected chi connectivity index (χ0v) is 13.4. The molecule has 0 spiro atoms. The van der Waals surface area contributed by atoms with E-state index < -0.39 is 47.5 Å². The molecule has 1 heterocycles. The zero-order valence-electron chi connectivity index (χ0n) is 13.4. The number of aryl methyl sites for hydroxylation is 1. The van der Waals surface area contributed by atoms with Crippen molar-refractivity contribution in [2.45, 2.75) is 19.3 Å². The molecule has 0 atom stereocenters. The number of nitrogens with zero attached hydrogens (tertiary/aromatic N) is 1. The first-order valence-corrected chi connectivity index (χ1v) is 7.06. The van der Waals surface area contributed by atoms with Crippen molar-refractivity contribution in [1.82, 2.24) is 5.16 Å². The Morgan fingerprint density at radius 1 is 1.04 bits per heavy atom. The third-order valence-electron chi connectivity index (χ3n) is 3.05. The smallest absolute Gasteiger partial charge is 0.416 e. The highest BCUT2D eigenvalue weighted by atomic mass is 19.4. The summed E-state index contributed by atoms with van der Waals surface area (Å²) in [6, 6.07) is 1.62. The lowest BCUT2D eigenvalue weighted by Gasteiger charge is -2.13. The Morgan fingerprint density at radius 2 is 1.59 bits per heavy atom. The van der Waals surface area contributed by atoms with Crippen molar-refractivity contribution >= 4 is 17.7 Å². The Bertz CT molecular complexity index is 824. The van der Waals surface area contributed by atoms with Crippen LogP contribution in [0.1, 0.15) is 27.2 Å². The summed E-state index contributed by atoms with van der Waals surface area (Å²) in [4.78, 5) is 23.4. The summed E-state index contributed by atoms with van der Waals surface area (Å²) in [6.45, 7) is 0.580. The van der Waals surface area contributed by atoms with Crippen LogP contribution in [0.5, 0.6) is 0 Å². The van der Waals surface area contributed by atoms with E-state index in [9.17, 15) is 35.9 Å². The predicted molar refractivity (Wildman–Crippen MR) is 76.6 cm³/mol. The van der Waals surface area contributed by atoms with Gasteiger partial charge in [-0.25, -0.2) is 4.79 Å². The highest BCUT2D eigenvalue weighted by Gasteiger charge is 2.37. The molecule has 6 nitrogen and oxygen atoms in total. The molecule has 0 saturated heterocycles. The quantitative estimate of drug-likeness (QED) is 0.628. The lowest BCUT2D eigenvalue weighted by Crippen LogP contribution is -2.21. The summed E-state index contributed by atoms with van der Waals surface area (Å²) in [5.41, 5.74) is -4.35. The number of hydrogen-bond acceptors (Lipinski definition) is 5. The second-order valence-corrected chi connectivity index (χ2v) is 5.24. The molecule has 0 bridgehead atoms. The van der Waals surface area contributed by atoms with Gasteiger partial charge in [-0.15, -0.1) is 0 Å². The van der Waals surface area contributed by atoms with E-state index in [-0.39, 0.29) is 24.0 Å². The molecule has 0 unspecified atom stereocenters. The van der Waals surface area contributed by atoms with E-state index in [2.05, 4.69) is 19.7 Å². The molecule has 0 aliphatic rings. The fourth-order valence-electron chi connectivity index (χ4n) is 1.89. The van der Waals surface area contributed by atoms with E-state index in [0.717, 1.165) is 0 Å². The Morgan fingerprint density at radius 3 is 2.04 bits per heavy atom. The number of ether oxygens (including phenoxy) is 1. The minimum absolute atomic E-state index is 0.00743. The molecule has 0 saturated carbocycles. The molecule has 1 amide bonds. The molecule has 27 heavy (non-hydrogen) atoms. The summed E-state index contributed by atoms with van der Waals surface area (Å²) in [5.74, 6) is -2.09. The normalized spacial score (nSPS) is 12.0. The van der Waals surface area contributed by atoms with Crippen LogP contribution in [0.3, 0.4) is 0 Å². The van der Waals surface area contributed by atoms with Gasteiger partial charge in [0.1, 0.15) is 5.76 Å². The van der Waals surface area contributed by atoms with E-state index in [0.29, 0.717) is 5.76 Å². The highest BCUT2D eigenvalue weighted by molar-refractivity contribution is 5.95. The van der Waals surface area contributed by atoms with Crippen LogP contribution < -0.4 is 5.32 Å². The molecule has 0 aliphatic heterocycles. The second kappa shape index (κ2) is 7.29. The van der Waals surface area contributed by atoms with Gasteiger partial charge >= 0.3 is 18.3 Å². The monoisotopic (exact) mass is 396 g/mol. The highest BCUT2D eigenvalue weighted by Crippen LogP contribution is 2.36. The lowest BCUT2D eigenvalue weighted by molar-refractivity contribution is -0.143. The van der Waals surface area contributed by atoms with Gasteiger partial charge in [0.2, 0.25) is 0 Å². The number of carbonyl (C=O) groups excluding carboxylic acids is 2. The van der Waals surface area contributed by atoms with Gasteiger partial charge in [0.25, 0.3) is 5.91 Å². The third kappa shape index (κ3) is 5.46. The average molecular weight is 396 g/mol. The van der Waals surface area contributed by atoms with Gasteiger partial charge in [-0.05, 0) is 25.1 Å². The van der Waals surface area contributed by atoms with Crippen LogP contribution in [-0.4, -0.2) is 23.6 Å². The van der Waals surface area contributed by atoms with Crippen LogP contribution >= 0.6 is 0 Å². The van der Waals surface area contributed by atoms with E-state index in [1.807, 2.05) is 0 Å². The van der Waals surface area contributed by atoms with Crippen LogP contribution in [0.2, 0.25) is 0 Å². The van der Waals surface area contributed by atoms with Crippen molar-refractivity contribution in [2.75, 3.05) is 11.9 Å². The first kappa shape index (κ1) is 20.3. The van der Waals surface area contributed by atoms with Gasteiger partial charge in [-0.2, -0.15) is 26.3 Å². The summed E-state index contributed by atoms with van der Waals surface area (Å²) >= 11 is 0. The Labute approximate surface area is 147 Å². The first-order valence-electron chi connectivity index (χ1n) is 7.06. The van der Waals surface area contributed by atoms with Gasteiger partial charge in [-0.1, -0.05) is 5.16 Å². The van der Waals surface area contributed by atoms with Crippen LogP contribution in [0.25, 0.3) is 0 Å². The number of aromatic nitrogens is 1. The lowest BCUT2D eigenvalue weighted by atomic mass is 10.0. The molecule has 146 valence electrons. The van der Waals surface area contributed by atoms with Gasteiger partial charge in [0, 0.05) is 6.07 Å². The van der Waals surface area contributed by atoms with E-state index in [1.54, 1.807) is 0 Å². The maximum absolute atomic E-state index is 12.8. The second-order valence-electron chi connectivity index (χ2n) is 5.24. The average Bonchev–Trinajstić information content (AvgIpc) is 2.95. The molecule has 2 aromatic rings. The maximum atomic E-state index is 12.8. The minimum atomic E-state index is -5.11. The fraction of sp³-hybridized carbons (Fsp3) is 0.267. The Hall–Kier alpha value is -3.05. The number of alkyl halides is 6. The van der Waals surface area contributed by atoms with Crippen LogP contribution in [0.15, 0.2) is 28.8 Å². The molecule has 2 rings (SSSR count). The van der Waals surface area contributed by atoms with Crippen LogP contribution in [0.4, 0.5) is 32.2 Å². The number of nitrogens with one attached hydrogen (secondary N) is 1. The van der Waals surface area contributed by atoms with Crippen molar-refractivity contribution in [2.24, 2.45) is 0 Å². The van der Waals surface area contributed by atoms with Crippen molar-refractivity contribution in [3.63, 3.8) is 0 Å². The van der Waals surface area contributed by atoms with Crippen molar-refractivity contribution in [1.29, 1.82) is 0 Å². The van der Waals surface area contributed by atoms with Crippen LogP contribution in [0, 0.1) is 6.92 Å². The molecule has 0 aliphatic carbocycles. The number of halogens is 6. The van der Waals surface area contributed by atoms with Gasteiger partial charge < -0.3 is 14.6 Å². The molecule has 1 aromatic heterocycles. The molecule has 12 heteroatoms. The van der Waals surface area contributed by atoms with Crippen molar-refractivity contribution < 1.29 is 45.2 Å². The van der Waals surface area contributed by atoms with Crippen molar-refractivity contribution in [3.05, 3.63) is 46.7 Å². The van der Waals surface area contributed by atoms with E-state index in [1.165, 1.54) is 13.0 Å². The van der Waals surface area contributed by atoms with E-state index in [4.69, 9.17) is 0 Å². The number of esters is 1. The van der Waals surface area contributed by atoms with Gasteiger partial charge in [0.05, 0.1) is 16.7 Å². The topological polar surface area (TPSA) is 81.4 Å². The molecule has 0 fully saturated rings. The summed E-state index contributed by atoms with van der Waals surface area (Å²) < 4.78 is 85.7. The maximum Gasteiger partial charge on any atom is 0.416 e. The number of carbonyl (C=O) groups is 2. The number of anilines is 1. The van der Waals surface area contributed by atoms with Crippen molar-refractivity contribution in [3.8, 4) is 0 Å². The SMILES string of the molecule is Cc1cc(NC(=O)COC(=O)c2cc(C(F)(F)F)cc(C(F)(F)F)c2)no1. The molecule has 1 N–H and O–H groups in total. The fourth-order valence-corrected chi connectivity index (χ4v) is 1.89. The predicted octanol–water partition coefficient (Wildman–Crippen LogP) is 3.82. The molecular weight excluding hydrogens is 386 g/mol. The van der Waals surface area contributed by atoms with Gasteiger partial charge in [-0.3, -0.25) is 4.79 Å². The largest absolute Gasteiger partial charge is 0.452 e.